The zero-order valence-electron chi connectivity index (χ0n) is 17.5. The summed E-state index contributed by atoms with van der Waals surface area (Å²) in [6, 6.07) is 1.53. The zero-order chi connectivity index (χ0) is 21.6. The molecule has 3 N–H and O–H groups in total. The molecule has 2 amide bonds. The lowest BCUT2D eigenvalue weighted by Crippen LogP contribution is -2.40. The van der Waals surface area contributed by atoms with Crippen molar-refractivity contribution < 1.29 is 17.9 Å². The molecule has 2 heterocycles. The molecule has 1 aliphatic heterocycles. The molecule has 31 heavy (non-hydrogen) atoms. The van der Waals surface area contributed by atoms with Crippen molar-refractivity contribution in [2.45, 2.75) is 69.7 Å². The fourth-order valence-corrected chi connectivity index (χ4v) is 6.01. The van der Waals surface area contributed by atoms with Crippen LogP contribution in [0.3, 0.4) is 0 Å². The van der Waals surface area contributed by atoms with E-state index in [1.54, 1.807) is 4.68 Å². The number of ether oxygens (including phenoxy) is 1. The minimum Gasteiger partial charge on any atom is -0.355 e. The van der Waals surface area contributed by atoms with E-state index in [-0.39, 0.29) is 17.7 Å². The van der Waals surface area contributed by atoms with Crippen LogP contribution >= 0.6 is 0 Å². The molecule has 0 saturated carbocycles. The van der Waals surface area contributed by atoms with Gasteiger partial charge in [0.25, 0.3) is 10.0 Å². The molecule has 3 aliphatic rings. The third-order valence-electron chi connectivity index (χ3n) is 6.33. The molecular formula is C21H27N5O4S. The van der Waals surface area contributed by atoms with E-state index in [1.165, 1.54) is 17.3 Å². The highest BCUT2D eigenvalue weighted by Gasteiger charge is 2.31. The first-order chi connectivity index (χ1) is 15.0. The van der Waals surface area contributed by atoms with Crippen LogP contribution in [0, 0.1) is 0 Å². The van der Waals surface area contributed by atoms with Crippen LogP contribution in [0.25, 0.3) is 0 Å². The minimum atomic E-state index is -4.08. The highest BCUT2D eigenvalue weighted by atomic mass is 32.2. The maximum absolute atomic E-state index is 12.9. The summed E-state index contributed by atoms with van der Waals surface area (Å²) in [4.78, 5) is 12.7. The number of anilines is 1. The molecule has 0 spiro atoms. The van der Waals surface area contributed by atoms with E-state index in [1.807, 2.05) is 6.92 Å². The standard InChI is InChI=1S/C21H27N5O4S/c1-2-22-19-11-26-17(12-30-19)18(10-23-26)31(28,29)25-21(27)24-20-15-7-3-5-13(15)9-14-6-4-8-16(14)20/h9-10,19,22H,2-8,11-12H2,1H3,(H2,24,25,27). The Labute approximate surface area is 181 Å². The molecule has 0 bridgehead atoms. The van der Waals surface area contributed by atoms with Crippen molar-refractivity contribution >= 4 is 21.7 Å². The zero-order valence-corrected chi connectivity index (χ0v) is 18.3. The quantitative estimate of drug-likeness (QED) is 0.647. The highest BCUT2D eigenvalue weighted by Crippen LogP contribution is 2.38. The number of amides is 2. The molecule has 1 aromatic carbocycles. The van der Waals surface area contributed by atoms with Gasteiger partial charge in [0.1, 0.15) is 11.1 Å². The summed E-state index contributed by atoms with van der Waals surface area (Å²) in [5, 5.41) is 10.2. The number of carbonyl (C=O) groups excluding carboxylic acids is 1. The Balaban J connectivity index is 1.36. The van der Waals surface area contributed by atoms with E-state index in [0.29, 0.717) is 12.2 Å². The molecule has 0 saturated heterocycles. The minimum absolute atomic E-state index is 0.0267. The lowest BCUT2D eigenvalue weighted by Gasteiger charge is -2.25. The van der Waals surface area contributed by atoms with Crippen molar-refractivity contribution in [2.75, 3.05) is 11.9 Å². The molecule has 166 valence electrons. The molecule has 0 radical (unpaired) electrons. The molecule has 1 aromatic heterocycles. The van der Waals surface area contributed by atoms with Crippen molar-refractivity contribution in [2.24, 2.45) is 0 Å². The smallest absolute Gasteiger partial charge is 0.333 e. The van der Waals surface area contributed by atoms with Crippen LogP contribution in [0.2, 0.25) is 0 Å². The number of fused-ring (bicyclic) bond motifs is 3. The predicted molar refractivity (Wildman–Crippen MR) is 114 cm³/mol. The van der Waals surface area contributed by atoms with Gasteiger partial charge >= 0.3 is 6.03 Å². The number of nitrogens with zero attached hydrogens (tertiary/aromatic N) is 2. The van der Waals surface area contributed by atoms with E-state index in [0.717, 1.165) is 61.9 Å². The van der Waals surface area contributed by atoms with E-state index < -0.39 is 16.1 Å². The van der Waals surface area contributed by atoms with E-state index in [9.17, 15) is 13.2 Å². The molecule has 5 rings (SSSR count). The number of hydrogen-bond acceptors (Lipinski definition) is 6. The Hall–Kier alpha value is -2.43. The van der Waals surface area contributed by atoms with Gasteiger partial charge in [0.05, 0.1) is 25.0 Å². The number of likely N-dealkylation sites (N-methyl/N-ethyl adjacent to an activating group) is 1. The van der Waals surface area contributed by atoms with Crippen LogP contribution in [0.5, 0.6) is 0 Å². The van der Waals surface area contributed by atoms with Gasteiger partial charge in [-0.05, 0) is 67.3 Å². The molecule has 1 atom stereocenters. The van der Waals surface area contributed by atoms with Crippen LogP contribution in [0.1, 0.15) is 47.7 Å². The summed E-state index contributed by atoms with van der Waals surface area (Å²) >= 11 is 0. The number of aryl methyl sites for hydroxylation is 2. The summed E-state index contributed by atoms with van der Waals surface area (Å²) in [5.74, 6) is 0. The number of nitrogens with one attached hydrogen (secondary N) is 3. The first kappa shape index (κ1) is 20.5. The van der Waals surface area contributed by atoms with Crippen LogP contribution < -0.4 is 15.4 Å². The van der Waals surface area contributed by atoms with Gasteiger partial charge in [0.15, 0.2) is 0 Å². The largest absolute Gasteiger partial charge is 0.355 e. The monoisotopic (exact) mass is 445 g/mol. The molecule has 10 heteroatoms. The van der Waals surface area contributed by atoms with Crippen LogP contribution in [-0.2, 0) is 53.6 Å². The Morgan fingerprint density at radius 1 is 1.19 bits per heavy atom. The van der Waals surface area contributed by atoms with Crippen LogP contribution in [-0.4, -0.2) is 37.0 Å². The maximum Gasteiger partial charge on any atom is 0.333 e. The Kier molecular flexibility index (Phi) is 5.23. The highest BCUT2D eigenvalue weighted by molar-refractivity contribution is 7.90. The van der Waals surface area contributed by atoms with Gasteiger partial charge in [-0.15, -0.1) is 0 Å². The summed E-state index contributed by atoms with van der Waals surface area (Å²) in [6.45, 7) is 3.22. The van der Waals surface area contributed by atoms with Gasteiger partial charge in [0, 0.05) is 5.69 Å². The second-order valence-electron chi connectivity index (χ2n) is 8.29. The summed E-state index contributed by atoms with van der Waals surface area (Å²) in [5.41, 5.74) is 6.10. The van der Waals surface area contributed by atoms with Crippen LogP contribution in [0.15, 0.2) is 17.2 Å². The van der Waals surface area contributed by atoms with Gasteiger partial charge in [-0.3, -0.25) is 10.00 Å². The number of sulfonamides is 1. The topological polar surface area (TPSA) is 114 Å². The van der Waals surface area contributed by atoms with Gasteiger partial charge in [-0.25, -0.2) is 17.9 Å². The predicted octanol–water partition coefficient (Wildman–Crippen LogP) is 1.84. The normalized spacial score (nSPS) is 19.6. The van der Waals surface area contributed by atoms with Crippen LogP contribution in [0.4, 0.5) is 10.5 Å². The Bertz CT molecular complexity index is 1110. The van der Waals surface area contributed by atoms with Gasteiger partial charge in [-0.1, -0.05) is 13.0 Å². The van der Waals surface area contributed by atoms with Gasteiger partial charge in [0.2, 0.25) is 0 Å². The van der Waals surface area contributed by atoms with E-state index in [4.69, 9.17) is 4.74 Å². The molecule has 2 aromatic rings. The molecule has 1 unspecified atom stereocenters. The number of rotatable bonds is 5. The van der Waals surface area contributed by atoms with Gasteiger partial charge in [-0.2, -0.15) is 5.10 Å². The number of carbonyl (C=O) groups is 1. The summed E-state index contributed by atoms with van der Waals surface area (Å²) in [7, 11) is -4.08. The van der Waals surface area contributed by atoms with Crippen molar-refractivity contribution in [1.29, 1.82) is 0 Å². The lowest BCUT2D eigenvalue weighted by molar-refractivity contribution is -0.0205. The number of hydrogen-bond donors (Lipinski definition) is 3. The van der Waals surface area contributed by atoms with Crippen molar-refractivity contribution in [3.8, 4) is 0 Å². The average Bonchev–Trinajstić information content (AvgIpc) is 3.46. The first-order valence-corrected chi connectivity index (χ1v) is 12.3. The number of urea groups is 1. The van der Waals surface area contributed by atoms with Gasteiger partial charge < -0.3 is 10.1 Å². The lowest BCUT2D eigenvalue weighted by atomic mass is 9.99. The maximum atomic E-state index is 12.9. The fraction of sp³-hybridized carbons (Fsp3) is 0.524. The first-order valence-electron chi connectivity index (χ1n) is 10.9. The second kappa shape index (κ2) is 7.92. The number of aromatic nitrogens is 2. The van der Waals surface area contributed by atoms with Crippen molar-refractivity contribution in [1.82, 2.24) is 19.8 Å². The molecule has 2 aliphatic carbocycles. The average molecular weight is 446 g/mol. The SMILES string of the molecule is CCNC1Cn2ncc(S(=O)(=O)NC(=O)Nc3c4c(cc5c3CCC5)CCC4)c2CO1. The summed E-state index contributed by atoms with van der Waals surface area (Å²) < 4.78 is 35.3. The van der Waals surface area contributed by atoms with Crippen molar-refractivity contribution in [3.05, 3.63) is 40.2 Å². The third kappa shape index (κ3) is 3.72. The van der Waals surface area contributed by atoms with E-state index in [2.05, 4.69) is 26.5 Å². The molecule has 9 nitrogen and oxygen atoms in total. The Morgan fingerprint density at radius 2 is 1.90 bits per heavy atom. The second-order valence-corrected chi connectivity index (χ2v) is 9.94. The third-order valence-corrected chi connectivity index (χ3v) is 7.70. The number of benzene rings is 1. The summed E-state index contributed by atoms with van der Waals surface area (Å²) in [6.07, 6.45) is 7.01. The molecule has 0 fully saturated rings. The Morgan fingerprint density at radius 3 is 2.58 bits per heavy atom. The van der Waals surface area contributed by atoms with E-state index >= 15 is 0 Å². The van der Waals surface area contributed by atoms with Crippen molar-refractivity contribution in [3.63, 3.8) is 0 Å². The molecular weight excluding hydrogens is 418 g/mol. The fourth-order valence-electron chi connectivity index (χ4n) is 4.94.